The first kappa shape index (κ1) is 15.1. The average molecular weight is 297 g/mol. The molecule has 1 fully saturated rings. The molecular weight excluding hydrogens is 276 g/mol. The summed E-state index contributed by atoms with van der Waals surface area (Å²) in [4.78, 5) is 12.2. The van der Waals surface area contributed by atoms with Crippen molar-refractivity contribution in [3.05, 3.63) is 29.3 Å². The molecule has 1 aromatic rings. The highest BCUT2D eigenvalue weighted by Gasteiger charge is 2.27. The molecule has 2 aliphatic rings. The zero-order chi connectivity index (χ0) is 13.2. The Hall–Kier alpha value is -1.26. The third-order valence-electron chi connectivity index (χ3n) is 4.10. The minimum atomic E-state index is 0. The maximum absolute atomic E-state index is 12.2. The van der Waals surface area contributed by atoms with Crippen LogP contribution in [0.1, 0.15) is 36.4 Å². The predicted molar refractivity (Wildman–Crippen MR) is 80.9 cm³/mol. The summed E-state index contributed by atoms with van der Waals surface area (Å²) in [5.41, 5.74) is 9.13. The van der Waals surface area contributed by atoms with Gasteiger partial charge in [0, 0.05) is 12.3 Å². The summed E-state index contributed by atoms with van der Waals surface area (Å²) in [6.07, 6.45) is 4.01. The molecule has 1 aromatic carbocycles. The zero-order valence-corrected chi connectivity index (χ0v) is 12.2. The molecule has 1 amide bonds. The van der Waals surface area contributed by atoms with E-state index in [4.69, 9.17) is 10.5 Å². The number of nitrogens with two attached hydrogens (primary N) is 1. The van der Waals surface area contributed by atoms with Crippen LogP contribution >= 0.6 is 12.4 Å². The first-order valence-electron chi connectivity index (χ1n) is 7.00. The molecule has 0 bridgehead atoms. The van der Waals surface area contributed by atoms with Crippen molar-refractivity contribution in [1.29, 1.82) is 0 Å². The minimum Gasteiger partial charge on any atom is -0.399 e. The van der Waals surface area contributed by atoms with Gasteiger partial charge in [-0.05, 0) is 48.9 Å². The second-order valence-electron chi connectivity index (χ2n) is 5.47. The summed E-state index contributed by atoms with van der Waals surface area (Å²) in [5.74, 6) is 0.159. The number of amides is 1. The van der Waals surface area contributed by atoms with Crippen LogP contribution in [0, 0.1) is 5.92 Å². The van der Waals surface area contributed by atoms with E-state index in [9.17, 15) is 4.79 Å². The van der Waals surface area contributed by atoms with Gasteiger partial charge in [0.2, 0.25) is 5.91 Å². The van der Waals surface area contributed by atoms with Gasteiger partial charge in [0.15, 0.2) is 0 Å². The van der Waals surface area contributed by atoms with Crippen LogP contribution in [-0.2, 0) is 16.0 Å². The van der Waals surface area contributed by atoms with Crippen molar-refractivity contribution in [2.24, 2.45) is 5.92 Å². The Morgan fingerprint density at radius 2 is 2.20 bits per heavy atom. The fourth-order valence-corrected chi connectivity index (χ4v) is 3.02. The van der Waals surface area contributed by atoms with Gasteiger partial charge < -0.3 is 15.8 Å². The lowest BCUT2D eigenvalue weighted by Gasteiger charge is -2.27. The topological polar surface area (TPSA) is 64.3 Å². The fraction of sp³-hybridized carbons (Fsp3) is 0.533. The first-order chi connectivity index (χ1) is 9.24. The van der Waals surface area contributed by atoms with Gasteiger partial charge in [-0.15, -0.1) is 12.4 Å². The SMILES string of the molecule is Cl.Nc1ccc2c(c1)CCCC2NC(=O)C1CCOC1. The fourth-order valence-electron chi connectivity index (χ4n) is 3.02. The molecule has 1 aliphatic carbocycles. The number of ether oxygens (including phenoxy) is 1. The molecule has 2 atom stereocenters. The summed E-state index contributed by atoms with van der Waals surface area (Å²) in [6, 6.07) is 6.14. The highest BCUT2D eigenvalue weighted by molar-refractivity contribution is 5.85. The highest BCUT2D eigenvalue weighted by atomic mass is 35.5. The second kappa shape index (κ2) is 6.46. The summed E-state index contributed by atoms with van der Waals surface area (Å²) in [7, 11) is 0. The predicted octanol–water partition coefficient (Wildman–Crippen LogP) is 2.22. The van der Waals surface area contributed by atoms with Gasteiger partial charge in [0.25, 0.3) is 0 Å². The van der Waals surface area contributed by atoms with Crippen LogP contribution < -0.4 is 11.1 Å². The molecule has 1 heterocycles. The van der Waals surface area contributed by atoms with Crippen LogP contribution in [0.25, 0.3) is 0 Å². The van der Waals surface area contributed by atoms with E-state index in [0.717, 1.165) is 31.4 Å². The van der Waals surface area contributed by atoms with Crippen molar-refractivity contribution in [3.63, 3.8) is 0 Å². The quantitative estimate of drug-likeness (QED) is 0.823. The van der Waals surface area contributed by atoms with Crippen molar-refractivity contribution in [1.82, 2.24) is 5.32 Å². The molecule has 2 unspecified atom stereocenters. The second-order valence-corrected chi connectivity index (χ2v) is 5.47. The van der Waals surface area contributed by atoms with E-state index in [0.29, 0.717) is 13.2 Å². The number of nitrogens with one attached hydrogen (secondary N) is 1. The number of fused-ring (bicyclic) bond motifs is 1. The van der Waals surface area contributed by atoms with Crippen molar-refractivity contribution in [2.45, 2.75) is 31.7 Å². The third-order valence-corrected chi connectivity index (χ3v) is 4.10. The number of aryl methyl sites for hydroxylation is 1. The maximum Gasteiger partial charge on any atom is 0.226 e. The molecule has 1 aliphatic heterocycles. The van der Waals surface area contributed by atoms with E-state index in [-0.39, 0.29) is 30.3 Å². The van der Waals surface area contributed by atoms with Gasteiger partial charge in [-0.1, -0.05) is 6.07 Å². The number of halogens is 1. The number of anilines is 1. The summed E-state index contributed by atoms with van der Waals surface area (Å²) >= 11 is 0. The molecule has 0 spiro atoms. The van der Waals surface area contributed by atoms with E-state index < -0.39 is 0 Å². The maximum atomic E-state index is 12.2. The van der Waals surface area contributed by atoms with Gasteiger partial charge in [-0.2, -0.15) is 0 Å². The molecule has 0 radical (unpaired) electrons. The number of nitrogen functional groups attached to an aromatic ring is 1. The minimum absolute atomic E-state index is 0. The number of benzene rings is 1. The number of carbonyl (C=O) groups is 1. The lowest BCUT2D eigenvalue weighted by Crippen LogP contribution is -2.35. The van der Waals surface area contributed by atoms with E-state index >= 15 is 0 Å². The van der Waals surface area contributed by atoms with E-state index in [1.807, 2.05) is 12.1 Å². The van der Waals surface area contributed by atoms with Crippen LogP contribution in [0.3, 0.4) is 0 Å². The van der Waals surface area contributed by atoms with E-state index in [1.54, 1.807) is 0 Å². The number of rotatable bonds is 2. The molecule has 110 valence electrons. The lowest BCUT2D eigenvalue weighted by molar-refractivity contribution is -0.125. The van der Waals surface area contributed by atoms with Crippen molar-refractivity contribution >= 4 is 24.0 Å². The van der Waals surface area contributed by atoms with Gasteiger partial charge in [0.1, 0.15) is 0 Å². The van der Waals surface area contributed by atoms with Crippen molar-refractivity contribution in [2.75, 3.05) is 18.9 Å². The summed E-state index contributed by atoms with van der Waals surface area (Å²) in [5, 5.41) is 3.18. The molecular formula is C15H21ClN2O2. The summed E-state index contributed by atoms with van der Waals surface area (Å²) < 4.78 is 5.28. The van der Waals surface area contributed by atoms with Crippen molar-refractivity contribution < 1.29 is 9.53 Å². The zero-order valence-electron chi connectivity index (χ0n) is 11.4. The molecule has 20 heavy (non-hydrogen) atoms. The Balaban J connectivity index is 0.00000147. The Bertz CT molecular complexity index is 487. The number of carbonyl (C=O) groups excluding carboxylic acids is 1. The monoisotopic (exact) mass is 296 g/mol. The molecule has 0 saturated carbocycles. The molecule has 0 aromatic heterocycles. The van der Waals surface area contributed by atoms with Crippen LogP contribution in [0.4, 0.5) is 5.69 Å². The molecule has 3 N–H and O–H groups in total. The standard InChI is InChI=1S/C15H20N2O2.ClH/c16-12-4-5-13-10(8-12)2-1-3-14(13)17-15(18)11-6-7-19-9-11;/h4-5,8,11,14H,1-3,6-7,9,16H2,(H,17,18);1H. The van der Waals surface area contributed by atoms with Gasteiger partial charge >= 0.3 is 0 Å². The Morgan fingerprint density at radius 1 is 1.35 bits per heavy atom. The van der Waals surface area contributed by atoms with Crippen molar-refractivity contribution in [3.8, 4) is 0 Å². The third kappa shape index (κ3) is 3.07. The largest absolute Gasteiger partial charge is 0.399 e. The smallest absolute Gasteiger partial charge is 0.226 e. The molecule has 1 saturated heterocycles. The van der Waals surface area contributed by atoms with Crippen LogP contribution in [0.15, 0.2) is 18.2 Å². The number of hydrogen-bond acceptors (Lipinski definition) is 3. The Kier molecular flexibility index (Phi) is 4.89. The molecule has 4 nitrogen and oxygen atoms in total. The van der Waals surface area contributed by atoms with Gasteiger partial charge in [0.05, 0.1) is 18.6 Å². The number of hydrogen-bond donors (Lipinski definition) is 2. The van der Waals surface area contributed by atoms with E-state index in [2.05, 4.69) is 11.4 Å². The van der Waals surface area contributed by atoms with Crippen LogP contribution in [0.5, 0.6) is 0 Å². The Morgan fingerprint density at radius 3 is 2.95 bits per heavy atom. The van der Waals surface area contributed by atoms with E-state index in [1.165, 1.54) is 11.1 Å². The molecule has 3 rings (SSSR count). The Labute approximate surface area is 125 Å². The molecule has 5 heteroatoms. The lowest BCUT2D eigenvalue weighted by atomic mass is 9.87. The van der Waals surface area contributed by atoms with Crippen LogP contribution in [0.2, 0.25) is 0 Å². The van der Waals surface area contributed by atoms with Crippen LogP contribution in [-0.4, -0.2) is 19.1 Å². The normalized spacial score (nSPS) is 24.6. The van der Waals surface area contributed by atoms with Gasteiger partial charge in [-0.25, -0.2) is 0 Å². The van der Waals surface area contributed by atoms with Gasteiger partial charge in [-0.3, -0.25) is 4.79 Å². The highest BCUT2D eigenvalue weighted by Crippen LogP contribution is 2.31. The average Bonchev–Trinajstić information content (AvgIpc) is 2.92. The summed E-state index contributed by atoms with van der Waals surface area (Å²) in [6.45, 7) is 1.27. The first-order valence-corrected chi connectivity index (χ1v) is 7.00.